The largest absolute Gasteiger partial charge is 0.490 e. The highest BCUT2D eigenvalue weighted by atomic mass is 35.5. The van der Waals surface area contributed by atoms with Gasteiger partial charge in [-0.15, -0.1) is 0 Å². The van der Waals surface area contributed by atoms with Crippen LogP contribution in [0.4, 0.5) is 10.1 Å². The molecule has 0 aliphatic rings. The van der Waals surface area contributed by atoms with Crippen LogP contribution < -0.4 is 15.6 Å². The number of nitrogens with zero attached hydrogens (tertiary/aromatic N) is 1. The first-order valence-corrected chi connectivity index (χ1v) is 8.98. The Bertz CT molecular complexity index is 1070. The molecule has 1 heterocycles. The number of benzene rings is 2. The number of nitrogens with one attached hydrogen (secondary N) is 1. The fourth-order valence-corrected chi connectivity index (χ4v) is 2.87. The van der Waals surface area contributed by atoms with E-state index in [1.807, 2.05) is 0 Å². The van der Waals surface area contributed by atoms with Crippen LogP contribution in [0.5, 0.6) is 5.75 Å². The molecule has 0 spiro atoms. The van der Waals surface area contributed by atoms with Crippen LogP contribution in [-0.2, 0) is 6.54 Å². The maximum atomic E-state index is 13.9. The molecule has 0 fully saturated rings. The molecular weight excluding hydrogens is 383 g/mol. The van der Waals surface area contributed by atoms with Crippen molar-refractivity contribution in [1.82, 2.24) is 4.57 Å². The van der Waals surface area contributed by atoms with Gasteiger partial charge in [-0.3, -0.25) is 9.59 Å². The number of hydrogen-bond donors (Lipinski definition) is 1. The second-order valence-corrected chi connectivity index (χ2v) is 6.52. The Morgan fingerprint density at radius 3 is 2.71 bits per heavy atom. The third-order valence-corrected chi connectivity index (χ3v) is 4.37. The predicted octanol–water partition coefficient (Wildman–Crippen LogP) is 4.28. The molecule has 0 saturated carbocycles. The Morgan fingerprint density at radius 1 is 1.14 bits per heavy atom. The van der Waals surface area contributed by atoms with Gasteiger partial charge in [-0.2, -0.15) is 0 Å². The van der Waals surface area contributed by atoms with E-state index >= 15 is 0 Å². The Labute approximate surface area is 166 Å². The van der Waals surface area contributed by atoms with Crippen molar-refractivity contribution in [2.75, 3.05) is 11.9 Å². The zero-order valence-electron chi connectivity index (χ0n) is 15.1. The SMILES string of the molecule is Cc1ccc(F)c(NC(=O)c2cccc(=O)n2CCOc2ccccc2Cl)c1. The van der Waals surface area contributed by atoms with Gasteiger partial charge in [-0.05, 0) is 42.8 Å². The van der Waals surface area contributed by atoms with Gasteiger partial charge in [0.2, 0.25) is 0 Å². The lowest BCUT2D eigenvalue weighted by Crippen LogP contribution is -2.30. The summed E-state index contributed by atoms with van der Waals surface area (Å²) in [5.41, 5.74) is 0.603. The van der Waals surface area contributed by atoms with Crippen molar-refractivity contribution in [1.29, 1.82) is 0 Å². The van der Waals surface area contributed by atoms with Gasteiger partial charge in [0.15, 0.2) is 0 Å². The highest BCUT2D eigenvalue weighted by Gasteiger charge is 2.14. The Morgan fingerprint density at radius 2 is 1.93 bits per heavy atom. The molecule has 28 heavy (non-hydrogen) atoms. The summed E-state index contributed by atoms with van der Waals surface area (Å²) >= 11 is 6.04. The minimum Gasteiger partial charge on any atom is -0.490 e. The van der Waals surface area contributed by atoms with Crippen molar-refractivity contribution in [3.8, 4) is 5.75 Å². The number of carbonyl (C=O) groups is 1. The molecule has 2 aromatic carbocycles. The molecule has 5 nitrogen and oxygen atoms in total. The van der Waals surface area contributed by atoms with Crippen LogP contribution in [0.15, 0.2) is 65.5 Å². The van der Waals surface area contributed by atoms with Crippen LogP contribution in [0.3, 0.4) is 0 Å². The molecule has 0 aliphatic heterocycles. The maximum Gasteiger partial charge on any atom is 0.272 e. The number of halogens is 2. The van der Waals surface area contributed by atoms with Gasteiger partial charge in [-0.25, -0.2) is 4.39 Å². The van der Waals surface area contributed by atoms with Gasteiger partial charge in [0.05, 0.1) is 17.3 Å². The predicted molar refractivity (Wildman–Crippen MR) is 107 cm³/mol. The fraction of sp³-hybridized carbons (Fsp3) is 0.143. The smallest absolute Gasteiger partial charge is 0.272 e. The molecule has 0 aliphatic carbocycles. The van der Waals surface area contributed by atoms with Crippen LogP contribution in [0.2, 0.25) is 5.02 Å². The van der Waals surface area contributed by atoms with E-state index in [1.54, 1.807) is 37.3 Å². The lowest BCUT2D eigenvalue weighted by molar-refractivity contribution is 0.101. The summed E-state index contributed by atoms with van der Waals surface area (Å²) in [6.07, 6.45) is 0. The first-order valence-electron chi connectivity index (χ1n) is 8.60. The number of pyridine rings is 1. The number of aryl methyl sites for hydroxylation is 1. The van der Waals surface area contributed by atoms with Gasteiger partial charge >= 0.3 is 0 Å². The summed E-state index contributed by atoms with van der Waals surface area (Å²) in [7, 11) is 0. The Balaban J connectivity index is 1.78. The molecule has 7 heteroatoms. The summed E-state index contributed by atoms with van der Waals surface area (Å²) < 4.78 is 20.8. The molecule has 1 amide bonds. The van der Waals surface area contributed by atoms with Crippen molar-refractivity contribution >= 4 is 23.2 Å². The number of rotatable bonds is 6. The zero-order valence-corrected chi connectivity index (χ0v) is 15.9. The van der Waals surface area contributed by atoms with Crippen molar-refractivity contribution in [2.24, 2.45) is 0 Å². The van der Waals surface area contributed by atoms with E-state index in [0.29, 0.717) is 10.8 Å². The quantitative estimate of drug-likeness (QED) is 0.671. The molecule has 0 bridgehead atoms. The normalized spacial score (nSPS) is 10.5. The van der Waals surface area contributed by atoms with E-state index in [9.17, 15) is 14.0 Å². The maximum absolute atomic E-state index is 13.9. The first kappa shape index (κ1) is 19.6. The van der Waals surface area contributed by atoms with Crippen LogP contribution in [0, 0.1) is 12.7 Å². The van der Waals surface area contributed by atoms with Crippen molar-refractivity contribution in [3.05, 3.63) is 93.1 Å². The van der Waals surface area contributed by atoms with Crippen LogP contribution in [-0.4, -0.2) is 17.1 Å². The molecule has 0 saturated heterocycles. The molecule has 1 N–H and O–H groups in total. The zero-order chi connectivity index (χ0) is 20.1. The molecule has 144 valence electrons. The number of anilines is 1. The van der Waals surface area contributed by atoms with E-state index < -0.39 is 11.7 Å². The number of amides is 1. The highest BCUT2D eigenvalue weighted by molar-refractivity contribution is 6.32. The van der Waals surface area contributed by atoms with Crippen LogP contribution in [0.1, 0.15) is 16.1 Å². The van der Waals surface area contributed by atoms with Gasteiger partial charge in [0, 0.05) is 6.07 Å². The van der Waals surface area contributed by atoms with Gasteiger partial charge in [0.25, 0.3) is 11.5 Å². The molecule has 0 unspecified atom stereocenters. The molecular formula is C21H18ClFN2O3. The second-order valence-electron chi connectivity index (χ2n) is 6.12. The average molecular weight is 401 g/mol. The molecule has 3 aromatic rings. The van der Waals surface area contributed by atoms with Gasteiger partial charge in [0.1, 0.15) is 23.9 Å². The lowest BCUT2D eigenvalue weighted by Gasteiger charge is -2.14. The minimum atomic E-state index is -0.583. The molecule has 0 atom stereocenters. The second kappa shape index (κ2) is 8.71. The van der Waals surface area contributed by atoms with Crippen molar-refractivity contribution in [2.45, 2.75) is 13.5 Å². The average Bonchev–Trinajstić information content (AvgIpc) is 2.67. The van der Waals surface area contributed by atoms with Crippen molar-refractivity contribution in [3.63, 3.8) is 0 Å². The summed E-state index contributed by atoms with van der Waals surface area (Å²) in [6.45, 7) is 2.05. The van der Waals surface area contributed by atoms with E-state index in [4.69, 9.17) is 16.3 Å². The third kappa shape index (κ3) is 4.58. The van der Waals surface area contributed by atoms with E-state index in [1.165, 1.54) is 34.9 Å². The molecule has 3 rings (SSSR count). The van der Waals surface area contributed by atoms with E-state index in [-0.39, 0.29) is 30.1 Å². The van der Waals surface area contributed by atoms with Crippen LogP contribution in [0.25, 0.3) is 0 Å². The lowest BCUT2D eigenvalue weighted by atomic mass is 10.2. The number of para-hydroxylation sites is 1. The fourth-order valence-electron chi connectivity index (χ4n) is 2.68. The molecule has 0 radical (unpaired) electrons. The third-order valence-electron chi connectivity index (χ3n) is 4.06. The van der Waals surface area contributed by atoms with Gasteiger partial charge in [-0.1, -0.05) is 35.9 Å². The standard InChI is InChI=1S/C21H18ClFN2O3/c1-14-9-10-16(23)17(13-14)24-21(27)18-6-4-8-20(26)25(18)11-12-28-19-7-3-2-5-15(19)22/h2-10,13H,11-12H2,1H3,(H,24,27). The summed E-state index contributed by atoms with van der Waals surface area (Å²) in [6, 6.07) is 15.7. The Kier molecular flexibility index (Phi) is 6.11. The Hall–Kier alpha value is -3.12. The monoisotopic (exact) mass is 400 g/mol. The highest BCUT2D eigenvalue weighted by Crippen LogP contribution is 2.23. The van der Waals surface area contributed by atoms with E-state index in [0.717, 1.165) is 5.56 Å². The topological polar surface area (TPSA) is 60.3 Å². The summed E-state index contributed by atoms with van der Waals surface area (Å²) in [4.78, 5) is 24.9. The van der Waals surface area contributed by atoms with E-state index in [2.05, 4.69) is 5.32 Å². The first-order chi connectivity index (χ1) is 13.5. The summed E-state index contributed by atoms with van der Waals surface area (Å²) in [5, 5.41) is 2.97. The molecule has 1 aromatic heterocycles. The minimum absolute atomic E-state index is 0.0557. The number of ether oxygens (including phenoxy) is 1. The van der Waals surface area contributed by atoms with Crippen molar-refractivity contribution < 1.29 is 13.9 Å². The number of hydrogen-bond acceptors (Lipinski definition) is 3. The number of aromatic nitrogens is 1. The summed E-state index contributed by atoms with van der Waals surface area (Å²) in [5.74, 6) is -0.647. The van der Waals surface area contributed by atoms with Crippen LogP contribution >= 0.6 is 11.6 Å². The van der Waals surface area contributed by atoms with Gasteiger partial charge < -0.3 is 14.6 Å². The number of carbonyl (C=O) groups excluding carboxylic acids is 1.